The van der Waals surface area contributed by atoms with E-state index in [9.17, 15) is 9.18 Å². The number of benzene rings is 1. The van der Waals surface area contributed by atoms with Crippen LogP contribution < -0.4 is 10.2 Å². The van der Waals surface area contributed by atoms with Gasteiger partial charge in [0, 0.05) is 10.6 Å². The Bertz CT molecular complexity index is 778. The lowest BCUT2D eigenvalue weighted by atomic mass is 10.1. The molecule has 1 unspecified atom stereocenters. The minimum atomic E-state index is -0.484. The fraction of sp³-hybridized carbons (Fsp3) is 0.0667. The zero-order valence-corrected chi connectivity index (χ0v) is 12.9. The van der Waals surface area contributed by atoms with E-state index in [1.807, 2.05) is 23.6 Å². The van der Waals surface area contributed by atoms with E-state index in [-0.39, 0.29) is 16.4 Å². The molecule has 0 saturated heterocycles. The quantitative estimate of drug-likeness (QED) is 0.831. The van der Waals surface area contributed by atoms with Crippen LogP contribution in [0.1, 0.15) is 11.0 Å². The summed E-state index contributed by atoms with van der Waals surface area (Å²) in [5, 5.41) is 14.1. The van der Waals surface area contributed by atoms with Gasteiger partial charge in [0.1, 0.15) is 23.6 Å². The van der Waals surface area contributed by atoms with Crippen molar-refractivity contribution in [2.45, 2.75) is 6.17 Å². The number of amides is 1. The predicted octanol–water partition coefficient (Wildman–Crippen LogP) is 3.19. The summed E-state index contributed by atoms with van der Waals surface area (Å²) in [7, 11) is 0. The van der Waals surface area contributed by atoms with Crippen LogP contribution in [0.2, 0.25) is 0 Å². The molecule has 1 aliphatic heterocycles. The SMILES string of the molecule is N#CC1=C(S)N(c2ccc(F)cc2)C(c2cccs2)NC1=O. The number of hydrogen-bond acceptors (Lipinski definition) is 5. The van der Waals surface area contributed by atoms with Crippen molar-refractivity contribution in [1.82, 2.24) is 5.32 Å². The number of nitrogens with one attached hydrogen (secondary N) is 1. The first-order valence-corrected chi connectivity index (χ1v) is 7.67. The van der Waals surface area contributed by atoms with E-state index in [0.29, 0.717) is 5.69 Å². The number of hydrogen-bond donors (Lipinski definition) is 2. The highest BCUT2D eigenvalue weighted by atomic mass is 32.1. The first-order valence-electron chi connectivity index (χ1n) is 6.34. The highest BCUT2D eigenvalue weighted by molar-refractivity contribution is 7.84. The van der Waals surface area contributed by atoms with Gasteiger partial charge in [-0.2, -0.15) is 5.26 Å². The van der Waals surface area contributed by atoms with Crippen LogP contribution in [-0.2, 0) is 4.79 Å². The number of carbonyl (C=O) groups excluding carboxylic acids is 1. The smallest absolute Gasteiger partial charge is 0.266 e. The van der Waals surface area contributed by atoms with Gasteiger partial charge in [0.25, 0.3) is 5.91 Å². The molecule has 1 aliphatic rings. The molecule has 1 aromatic heterocycles. The Morgan fingerprint density at radius 3 is 2.64 bits per heavy atom. The molecule has 2 aromatic rings. The van der Waals surface area contributed by atoms with Crippen LogP contribution in [0.4, 0.5) is 10.1 Å². The predicted molar refractivity (Wildman–Crippen MR) is 85.7 cm³/mol. The second-order valence-corrected chi connectivity index (χ2v) is 5.95. The van der Waals surface area contributed by atoms with Crippen molar-refractivity contribution in [1.29, 1.82) is 5.26 Å². The van der Waals surface area contributed by atoms with E-state index in [0.717, 1.165) is 4.88 Å². The van der Waals surface area contributed by atoms with Crippen molar-refractivity contribution in [2.24, 2.45) is 0 Å². The summed E-state index contributed by atoms with van der Waals surface area (Å²) in [6.45, 7) is 0. The number of anilines is 1. The second kappa shape index (κ2) is 5.83. The third-order valence-corrected chi connectivity index (χ3v) is 4.60. The van der Waals surface area contributed by atoms with Gasteiger partial charge in [-0.1, -0.05) is 6.07 Å². The maximum atomic E-state index is 13.2. The molecule has 0 spiro atoms. The first-order chi connectivity index (χ1) is 10.6. The Hall–Kier alpha value is -2.30. The molecule has 1 N–H and O–H groups in total. The van der Waals surface area contributed by atoms with E-state index in [2.05, 4.69) is 17.9 Å². The van der Waals surface area contributed by atoms with E-state index in [4.69, 9.17) is 5.26 Å². The van der Waals surface area contributed by atoms with Crippen molar-refractivity contribution in [3.05, 3.63) is 63.1 Å². The topological polar surface area (TPSA) is 56.1 Å². The summed E-state index contributed by atoms with van der Waals surface area (Å²) in [4.78, 5) is 14.6. The first kappa shape index (κ1) is 14.6. The van der Waals surface area contributed by atoms with Crippen LogP contribution in [0.25, 0.3) is 0 Å². The number of halogens is 1. The highest BCUT2D eigenvalue weighted by Gasteiger charge is 2.34. The van der Waals surface area contributed by atoms with Gasteiger partial charge in [0.05, 0.1) is 5.03 Å². The van der Waals surface area contributed by atoms with E-state index >= 15 is 0 Å². The molecule has 0 saturated carbocycles. The minimum Gasteiger partial charge on any atom is -0.326 e. The zero-order chi connectivity index (χ0) is 15.7. The van der Waals surface area contributed by atoms with Gasteiger partial charge in [-0.05, 0) is 35.7 Å². The molecular weight excluding hydrogens is 321 g/mol. The Kier molecular flexibility index (Phi) is 3.88. The van der Waals surface area contributed by atoms with Gasteiger partial charge in [-0.15, -0.1) is 24.0 Å². The summed E-state index contributed by atoms with van der Waals surface area (Å²) < 4.78 is 13.2. The van der Waals surface area contributed by atoms with Gasteiger partial charge in [-0.3, -0.25) is 4.79 Å². The Morgan fingerprint density at radius 2 is 2.05 bits per heavy atom. The second-order valence-electron chi connectivity index (χ2n) is 4.55. The Morgan fingerprint density at radius 1 is 1.32 bits per heavy atom. The number of carbonyl (C=O) groups is 1. The lowest BCUT2D eigenvalue weighted by Crippen LogP contribution is -2.45. The van der Waals surface area contributed by atoms with Crippen LogP contribution in [0.15, 0.2) is 52.4 Å². The molecule has 0 aliphatic carbocycles. The van der Waals surface area contributed by atoms with Crippen molar-refractivity contribution in [2.75, 3.05) is 4.90 Å². The molecule has 1 amide bonds. The lowest BCUT2D eigenvalue weighted by molar-refractivity contribution is -0.118. The van der Waals surface area contributed by atoms with Gasteiger partial charge in [0.15, 0.2) is 0 Å². The number of nitriles is 1. The van der Waals surface area contributed by atoms with Gasteiger partial charge >= 0.3 is 0 Å². The third-order valence-electron chi connectivity index (χ3n) is 3.23. The molecule has 1 aromatic carbocycles. The van der Waals surface area contributed by atoms with Crippen LogP contribution >= 0.6 is 24.0 Å². The van der Waals surface area contributed by atoms with Crippen LogP contribution in [0.5, 0.6) is 0 Å². The molecule has 110 valence electrons. The summed E-state index contributed by atoms with van der Waals surface area (Å²) in [5.74, 6) is -0.827. The van der Waals surface area contributed by atoms with E-state index < -0.39 is 12.1 Å². The van der Waals surface area contributed by atoms with Crippen molar-refractivity contribution in [3.63, 3.8) is 0 Å². The Labute approximate surface area is 135 Å². The van der Waals surface area contributed by atoms with Crippen molar-refractivity contribution >= 4 is 35.6 Å². The number of rotatable bonds is 2. The van der Waals surface area contributed by atoms with Gasteiger partial charge in [-0.25, -0.2) is 4.39 Å². The third kappa shape index (κ3) is 2.47. The molecule has 22 heavy (non-hydrogen) atoms. The lowest BCUT2D eigenvalue weighted by Gasteiger charge is -2.37. The highest BCUT2D eigenvalue weighted by Crippen LogP contribution is 2.36. The molecule has 3 rings (SSSR count). The molecular formula is C15H10FN3OS2. The van der Waals surface area contributed by atoms with Crippen molar-refractivity contribution < 1.29 is 9.18 Å². The molecule has 1 atom stereocenters. The molecule has 0 bridgehead atoms. The number of nitrogens with zero attached hydrogens (tertiary/aromatic N) is 2. The van der Waals surface area contributed by atoms with Crippen LogP contribution in [-0.4, -0.2) is 5.91 Å². The molecule has 2 heterocycles. The summed E-state index contributed by atoms with van der Waals surface area (Å²) >= 11 is 5.83. The minimum absolute atomic E-state index is 0.0690. The van der Waals surface area contributed by atoms with Crippen molar-refractivity contribution in [3.8, 4) is 6.07 Å². The van der Waals surface area contributed by atoms with E-state index in [1.165, 1.54) is 23.5 Å². The van der Waals surface area contributed by atoms with Crippen LogP contribution in [0.3, 0.4) is 0 Å². The standard InChI is InChI=1S/C15H10FN3OS2/c16-9-3-5-10(6-4-9)19-13(12-2-1-7-22-12)18-14(20)11(8-17)15(19)21/h1-7,13,21H,(H,18,20). The largest absolute Gasteiger partial charge is 0.326 e. The van der Waals surface area contributed by atoms with Gasteiger partial charge in [0.2, 0.25) is 0 Å². The Balaban J connectivity index is 2.14. The van der Waals surface area contributed by atoms with E-state index in [1.54, 1.807) is 17.0 Å². The summed E-state index contributed by atoms with van der Waals surface area (Å²) in [6, 6.07) is 11.4. The number of thiol groups is 1. The normalized spacial score (nSPS) is 18.1. The maximum absolute atomic E-state index is 13.2. The fourth-order valence-electron chi connectivity index (χ4n) is 2.22. The average Bonchev–Trinajstić information content (AvgIpc) is 3.03. The molecule has 7 heteroatoms. The number of thiophene rings is 1. The fourth-order valence-corrected chi connectivity index (χ4v) is 3.37. The summed E-state index contributed by atoms with van der Waals surface area (Å²) in [6.07, 6.45) is -0.484. The average molecular weight is 331 g/mol. The maximum Gasteiger partial charge on any atom is 0.266 e. The zero-order valence-electron chi connectivity index (χ0n) is 11.2. The molecule has 0 fully saturated rings. The molecule has 0 radical (unpaired) electrons. The monoisotopic (exact) mass is 331 g/mol. The van der Waals surface area contributed by atoms with Gasteiger partial charge < -0.3 is 10.2 Å². The summed E-state index contributed by atoms with van der Waals surface area (Å²) in [5.41, 5.74) is 0.568. The molecule has 4 nitrogen and oxygen atoms in total. The van der Waals surface area contributed by atoms with Crippen LogP contribution in [0, 0.1) is 17.1 Å².